The van der Waals surface area contributed by atoms with Gasteiger partial charge in [0.1, 0.15) is 0 Å². The van der Waals surface area contributed by atoms with Gasteiger partial charge in [0.15, 0.2) is 11.6 Å². The van der Waals surface area contributed by atoms with E-state index >= 15 is 0 Å². The average Bonchev–Trinajstić information content (AvgIpc) is 2.55. The zero-order valence-corrected chi connectivity index (χ0v) is 14.3. The van der Waals surface area contributed by atoms with E-state index in [0.717, 1.165) is 18.4 Å². The Balaban J connectivity index is 2.12. The lowest BCUT2D eigenvalue weighted by atomic mass is 9.72. The molecule has 2 aliphatic carbocycles. The van der Waals surface area contributed by atoms with Gasteiger partial charge in [-0.3, -0.25) is 9.59 Å². The molecule has 0 N–H and O–H groups in total. The van der Waals surface area contributed by atoms with E-state index in [0.29, 0.717) is 11.1 Å². The van der Waals surface area contributed by atoms with Gasteiger partial charge in [0, 0.05) is 11.1 Å². The lowest BCUT2D eigenvalue weighted by Gasteiger charge is -2.31. The van der Waals surface area contributed by atoms with E-state index in [4.69, 9.17) is 0 Å². The van der Waals surface area contributed by atoms with Gasteiger partial charge >= 0.3 is 0 Å². The minimum Gasteiger partial charge on any atom is -0.289 e. The first-order valence-electron chi connectivity index (χ1n) is 8.43. The number of ketones is 2. The van der Waals surface area contributed by atoms with Gasteiger partial charge in [-0.1, -0.05) is 45.0 Å². The summed E-state index contributed by atoms with van der Waals surface area (Å²) in [6.45, 7) is 6.58. The number of benzene rings is 2. The van der Waals surface area contributed by atoms with Crippen LogP contribution in [-0.2, 0) is 18.3 Å². The van der Waals surface area contributed by atoms with Gasteiger partial charge in [-0.15, -0.1) is 0 Å². The molecule has 0 atom stereocenters. The van der Waals surface area contributed by atoms with Crippen molar-refractivity contribution < 1.29 is 9.59 Å². The van der Waals surface area contributed by atoms with Crippen LogP contribution in [0.2, 0.25) is 0 Å². The van der Waals surface area contributed by atoms with Crippen LogP contribution in [0.25, 0.3) is 11.1 Å². The molecular weight excluding hydrogens is 296 g/mol. The molecule has 24 heavy (non-hydrogen) atoms. The molecule has 0 unspecified atom stereocenters. The zero-order chi connectivity index (χ0) is 17.1. The van der Waals surface area contributed by atoms with E-state index in [-0.39, 0.29) is 17.0 Å². The van der Waals surface area contributed by atoms with Crippen LogP contribution in [0.4, 0.5) is 0 Å². The number of allylic oxidation sites excluding steroid dienone is 2. The van der Waals surface area contributed by atoms with E-state index in [1.807, 2.05) is 12.1 Å². The normalized spacial score (nSPS) is 15.8. The Morgan fingerprint density at radius 1 is 0.750 bits per heavy atom. The molecule has 4 rings (SSSR count). The molecule has 0 aliphatic heterocycles. The first-order valence-corrected chi connectivity index (χ1v) is 8.43. The van der Waals surface area contributed by atoms with E-state index in [1.54, 1.807) is 0 Å². The Morgan fingerprint density at radius 3 is 2.12 bits per heavy atom. The molecule has 0 aromatic heterocycles. The number of fused-ring (bicyclic) bond motifs is 5. The van der Waals surface area contributed by atoms with E-state index in [1.165, 1.54) is 34.4 Å². The van der Waals surface area contributed by atoms with Crippen LogP contribution in [0, 0.1) is 0 Å². The molecule has 2 aromatic rings. The molecule has 2 aliphatic rings. The quantitative estimate of drug-likeness (QED) is 0.707. The van der Waals surface area contributed by atoms with Gasteiger partial charge in [-0.05, 0) is 64.3 Å². The molecular formula is C22H20O2. The standard InChI is InChI=1S/C22H20O2/c1-22(2,3)16-6-4-5-13-7-8-14-9-10-15-17(23)11-12-18(24)21(15)20(14)19(13)16/h4-6,9-12H,7-8H2,1-3H3. The van der Waals surface area contributed by atoms with Gasteiger partial charge < -0.3 is 0 Å². The second-order valence-electron chi connectivity index (χ2n) is 7.67. The highest BCUT2D eigenvalue weighted by atomic mass is 16.1. The van der Waals surface area contributed by atoms with Crippen molar-refractivity contribution in [2.45, 2.75) is 39.0 Å². The fourth-order valence-electron chi connectivity index (χ4n) is 3.92. The summed E-state index contributed by atoms with van der Waals surface area (Å²) in [5.41, 5.74) is 6.95. The number of hydrogen-bond donors (Lipinski definition) is 0. The second kappa shape index (κ2) is 5.01. The third-order valence-corrected chi connectivity index (χ3v) is 5.06. The van der Waals surface area contributed by atoms with E-state index < -0.39 is 0 Å². The summed E-state index contributed by atoms with van der Waals surface area (Å²) >= 11 is 0. The molecule has 120 valence electrons. The smallest absolute Gasteiger partial charge is 0.187 e. The fraction of sp³-hybridized carbons (Fsp3) is 0.273. The highest BCUT2D eigenvalue weighted by Crippen LogP contribution is 2.44. The van der Waals surface area contributed by atoms with Crippen molar-refractivity contribution in [2.24, 2.45) is 0 Å². The van der Waals surface area contributed by atoms with Crippen LogP contribution in [0.5, 0.6) is 0 Å². The molecule has 0 heterocycles. The summed E-state index contributed by atoms with van der Waals surface area (Å²) < 4.78 is 0. The molecule has 2 heteroatoms. The van der Waals surface area contributed by atoms with Crippen molar-refractivity contribution in [1.82, 2.24) is 0 Å². The summed E-state index contributed by atoms with van der Waals surface area (Å²) in [6.07, 6.45) is 4.69. The number of carbonyl (C=O) groups excluding carboxylic acids is 2. The van der Waals surface area contributed by atoms with Crippen LogP contribution in [0.3, 0.4) is 0 Å². The monoisotopic (exact) mass is 316 g/mol. The van der Waals surface area contributed by atoms with Gasteiger partial charge in [0.05, 0.1) is 0 Å². The third-order valence-electron chi connectivity index (χ3n) is 5.06. The summed E-state index contributed by atoms with van der Waals surface area (Å²) in [5.74, 6) is -0.134. The Kier molecular flexibility index (Phi) is 3.14. The number of hydrogen-bond acceptors (Lipinski definition) is 2. The molecule has 0 bridgehead atoms. The maximum atomic E-state index is 12.6. The molecule has 2 aromatic carbocycles. The second-order valence-corrected chi connectivity index (χ2v) is 7.67. The Labute approximate surface area is 142 Å². The minimum absolute atomic E-state index is 0.0275. The molecule has 2 nitrogen and oxygen atoms in total. The average molecular weight is 316 g/mol. The van der Waals surface area contributed by atoms with E-state index in [2.05, 4.69) is 39.0 Å². The molecule has 0 amide bonds. The summed E-state index contributed by atoms with van der Waals surface area (Å²) in [6, 6.07) is 10.3. The van der Waals surface area contributed by atoms with Crippen LogP contribution in [0.1, 0.15) is 58.2 Å². The topological polar surface area (TPSA) is 34.1 Å². The molecule has 0 fully saturated rings. The third kappa shape index (κ3) is 2.10. The van der Waals surface area contributed by atoms with Crippen molar-refractivity contribution in [3.63, 3.8) is 0 Å². The lowest BCUT2D eigenvalue weighted by Crippen LogP contribution is -2.20. The Morgan fingerprint density at radius 2 is 1.42 bits per heavy atom. The van der Waals surface area contributed by atoms with Crippen LogP contribution in [-0.4, -0.2) is 11.6 Å². The van der Waals surface area contributed by atoms with Crippen LogP contribution < -0.4 is 0 Å². The first-order chi connectivity index (χ1) is 11.4. The van der Waals surface area contributed by atoms with Crippen molar-refractivity contribution in [3.05, 3.63) is 70.3 Å². The maximum Gasteiger partial charge on any atom is 0.187 e. The van der Waals surface area contributed by atoms with Crippen molar-refractivity contribution in [1.29, 1.82) is 0 Å². The van der Waals surface area contributed by atoms with Gasteiger partial charge in [0.2, 0.25) is 0 Å². The predicted octanol–water partition coefficient (Wildman–Crippen LogP) is 4.68. The molecule has 0 spiro atoms. The molecule has 0 saturated carbocycles. The molecule has 0 saturated heterocycles. The first kappa shape index (κ1) is 15.1. The number of carbonyl (C=O) groups is 2. The zero-order valence-electron chi connectivity index (χ0n) is 14.3. The lowest BCUT2D eigenvalue weighted by molar-refractivity contribution is 0.0994. The predicted molar refractivity (Wildman–Crippen MR) is 95.8 cm³/mol. The maximum absolute atomic E-state index is 12.6. The Hall–Kier alpha value is -2.48. The number of rotatable bonds is 0. The minimum atomic E-state index is -0.0761. The summed E-state index contributed by atoms with van der Waals surface area (Å²) in [4.78, 5) is 24.9. The van der Waals surface area contributed by atoms with Gasteiger partial charge in [0.25, 0.3) is 0 Å². The van der Waals surface area contributed by atoms with Gasteiger partial charge in [-0.2, -0.15) is 0 Å². The van der Waals surface area contributed by atoms with Crippen molar-refractivity contribution in [3.8, 4) is 11.1 Å². The molecule has 0 radical (unpaired) electrons. The van der Waals surface area contributed by atoms with Crippen LogP contribution in [0.15, 0.2) is 42.5 Å². The van der Waals surface area contributed by atoms with Crippen molar-refractivity contribution >= 4 is 11.6 Å². The SMILES string of the molecule is CC(C)(C)c1cccc2c1-c1c(ccc3c1C(=O)C=CC3=O)CC2. The fourth-order valence-corrected chi connectivity index (χ4v) is 3.92. The largest absolute Gasteiger partial charge is 0.289 e. The van der Waals surface area contributed by atoms with Gasteiger partial charge in [-0.25, -0.2) is 0 Å². The summed E-state index contributed by atoms with van der Waals surface area (Å²) in [7, 11) is 0. The highest BCUT2D eigenvalue weighted by molar-refractivity contribution is 6.25. The highest BCUT2D eigenvalue weighted by Gasteiger charge is 2.31. The van der Waals surface area contributed by atoms with E-state index in [9.17, 15) is 9.59 Å². The number of aryl methyl sites for hydroxylation is 2. The van der Waals surface area contributed by atoms with Crippen LogP contribution >= 0.6 is 0 Å². The Bertz CT molecular complexity index is 924. The summed E-state index contributed by atoms with van der Waals surface area (Å²) in [5, 5.41) is 0. The van der Waals surface area contributed by atoms with Crippen molar-refractivity contribution in [2.75, 3.05) is 0 Å².